The van der Waals surface area contributed by atoms with E-state index in [1.807, 2.05) is 47.4 Å². The summed E-state index contributed by atoms with van der Waals surface area (Å²) in [5.74, 6) is 0. The van der Waals surface area contributed by atoms with Gasteiger partial charge in [-0.1, -0.05) is 12.1 Å². The molecule has 0 aliphatic heterocycles. The Morgan fingerprint density at radius 2 is 2.00 bits per heavy atom. The highest BCUT2D eigenvalue weighted by Crippen LogP contribution is 2.17. The lowest BCUT2D eigenvalue weighted by atomic mass is 10.1. The molecule has 0 saturated heterocycles. The third-order valence-corrected chi connectivity index (χ3v) is 2.45. The molecule has 0 radical (unpaired) electrons. The fourth-order valence-electron chi connectivity index (χ4n) is 1.63. The molecule has 0 bridgehead atoms. The summed E-state index contributed by atoms with van der Waals surface area (Å²) in [7, 11) is 0. The normalized spacial score (nSPS) is 10.5. The minimum Gasteiger partial charge on any atom is -0.345 e. The van der Waals surface area contributed by atoms with Crippen LogP contribution < -0.4 is 0 Å². The maximum atomic E-state index is 4.18. The Hall–Kier alpha value is -2.36. The van der Waals surface area contributed by atoms with Gasteiger partial charge in [-0.3, -0.25) is 0 Å². The van der Waals surface area contributed by atoms with E-state index in [4.69, 9.17) is 0 Å². The van der Waals surface area contributed by atoms with Crippen molar-refractivity contribution >= 4 is 0 Å². The van der Waals surface area contributed by atoms with E-state index in [0.29, 0.717) is 0 Å². The molecule has 0 fully saturated rings. The summed E-state index contributed by atoms with van der Waals surface area (Å²) in [5.41, 5.74) is 3.19. The third kappa shape index (κ3) is 1.50. The molecule has 3 rings (SSSR count). The van der Waals surface area contributed by atoms with Gasteiger partial charge in [0.15, 0.2) is 0 Å². The van der Waals surface area contributed by atoms with Crippen molar-refractivity contribution in [1.29, 1.82) is 0 Å². The van der Waals surface area contributed by atoms with Crippen LogP contribution in [0.15, 0.2) is 55.2 Å². The molecule has 0 atom stereocenters. The van der Waals surface area contributed by atoms with Crippen molar-refractivity contribution in [1.82, 2.24) is 19.7 Å². The predicted octanol–water partition coefficient (Wildman–Crippen LogP) is 2.26. The van der Waals surface area contributed by atoms with Gasteiger partial charge in [0.2, 0.25) is 0 Å². The average molecular weight is 210 g/mol. The molecule has 4 heteroatoms. The van der Waals surface area contributed by atoms with E-state index in [1.54, 1.807) is 12.5 Å². The van der Waals surface area contributed by atoms with Crippen molar-refractivity contribution < 1.29 is 0 Å². The second-order valence-corrected chi connectivity index (χ2v) is 3.46. The van der Waals surface area contributed by atoms with Gasteiger partial charge < -0.3 is 4.98 Å². The van der Waals surface area contributed by atoms with Gasteiger partial charge >= 0.3 is 0 Å². The second kappa shape index (κ2) is 3.66. The van der Waals surface area contributed by atoms with Crippen LogP contribution in [0.2, 0.25) is 0 Å². The van der Waals surface area contributed by atoms with E-state index >= 15 is 0 Å². The maximum Gasteiger partial charge on any atom is 0.0924 e. The Balaban J connectivity index is 1.97. The second-order valence-electron chi connectivity index (χ2n) is 3.46. The van der Waals surface area contributed by atoms with Gasteiger partial charge in [0.1, 0.15) is 0 Å². The topological polar surface area (TPSA) is 46.5 Å². The minimum absolute atomic E-state index is 1.02. The first-order valence-corrected chi connectivity index (χ1v) is 5.02. The number of nitrogens with one attached hydrogen (secondary N) is 1. The average Bonchev–Trinajstić information content (AvgIpc) is 3.03. The number of hydrogen-bond donors (Lipinski definition) is 1. The molecule has 3 aromatic rings. The molecule has 4 nitrogen and oxygen atoms in total. The molecule has 16 heavy (non-hydrogen) atoms. The zero-order valence-electron chi connectivity index (χ0n) is 8.54. The number of hydrogen-bond acceptors (Lipinski definition) is 2. The molecule has 0 aliphatic rings. The summed E-state index contributed by atoms with van der Waals surface area (Å²) >= 11 is 0. The number of rotatable bonds is 2. The lowest BCUT2D eigenvalue weighted by Crippen LogP contribution is -1.93. The molecule has 2 aromatic heterocycles. The van der Waals surface area contributed by atoms with E-state index < -0.39 is 0 Å². The Labute approximate surface area is 92.6 Å². The quantitative estimate of drug-likeness (QED) is 0.705. The highest BCUT2D eigenvalue weighted by Gasteiger charge is 1.99. The summed E-state index contributed by atoms with van der Waals surface area (Å²) < 4.78 is 1.83. The number of aromatic nitrogens is 4. The summed E-state index contributed by atoms with van der Waals surface area (Å²) in [6, 6.07) is 10.1. The SMILES string of the molecule is c1cnn(-c2ccc(-c3cnc[nH]3)cc2)c1. The zero-order chi connectivity index (χ0) is 10.8. The molecule has 0 spiro atoms. The summed E-state index contributed by atoms with van der Waals surface area (Å²) in [6.45, 7) is 0. The molecule has 0 unspecified atom stereocenters. The van der Waals surface area contributed by atoms with Gasteiger partial charge in [-0.25, -0.2) is 9.67 Å². The van der Waals surface area contributed by atoms with Crippen LogP contribution in [0.25, 0.3) is 16.9 Å². The Morgan fingerprint density at radius 3 is 2.62 bits per heavy atom. The standard InChI is InChI=1S/C12H10N4/c1-6-15-16(7-1)11-4-2-10(3-5-11)12-8-13-9-14-12/h1-9H,(H,13,14). The smallest absolute Gasteiger partial charge is 0.0924 e. The Bertz CT molecular complexity index is 496. The highest BCUT2D eigenvalue weighted by molar-refractivity contribution is 5.59. The molecular formula is C12H10N4. The maximum absolute atomic E-state index is 4.18. The van der Waals surface area contributed by atoms with Gasteiger partial charge in [0, 0.05) is 12.4 Å². The van der Waals surface area contributed by atoms with E-state index in [9.17, 15) is 0 Å². The fourth-order valence-corrected chi connectivity index (χ4v) is 1.63. The zero-order valence-corrected chi connectivity index (χ0v) is 8.54. The van der Waals surface area contributed by atoms with E-state index in [-0.39, 0.29) is 0 Å². The monoisotopic (exact) mass is 210 g/mol. The fraction of sp³-hybridized carbons (Fsp3) is 0. The number of imidazole rings is 1. The first-order valence-electron chi connectivity index (χ1n) is 5.02. The molecule has 0 aliphatic carbocycles. The molecule has 0 saturated carbocycles. The molecule has 1 aromatic carbocycles. The first kappa shape index (κ1) is 8.91. The van der Waals surface area contributed by atoms with Crippen LogP contribution in [0, 0.1) is 0 Å². The van der Waals surface area contributed by atoms with Gasteiger partial charge in [0.25, 0.3) is 0 Å². The van der Waals surface area contributed by atoms with Crippen LogP contribution in [0.4, 0.5) is 0 Å². The Kier molecular flexibility index (Phi) is 2.04. The van der Waals surface area contributed by atoms with Crippen LogP contribution in [0.5, 0.6) is 0 Å². The van der Waals surface area contributed by atoms with E-state index in [1.165, 1.54) is 0 Å². The van der Waals surface area contributed by atoms with Crippen molar-refractivity contribution in [3.05, 3.63) is 55.2 Å². The summed E-state index contributed by atoms with van der Waals surface area (Å²) in [4.78, 5) is 7.07. The number of nitrogens with zero attached hydrogens (tertiary/aromatic N) is 3. The van der Waals surface area contributed by atoms with Gasteiger partial charge in [-0.05, 0) is 23.8 Å². The molecule has 78 valence electrons. The van der Waals surface area contributed by atoms with Crippen molar-refractivity contribution in [2.24, 2.45) is 0 Å². The lowest BCUT2D eigenvalue weighted by molar-refractivity contribution is 0.881. The number of aromatic amines is 1. The van der Waals surface area contributed by atoms with Crippen LogP contribution in [-0.2, 0) is 0 Å². The molecular weight excluding hydrogens is 200 g/mol. The molecule has 0 amide bonds. The van der Waals surface area contributed by atoms with Crippen LogP contribution in [0.3, 0.4) is 0 Å². The van der Waals surface area contributed by atoms with Gasteiger partial charge in [0.05, 0.1) is 23.9 Å². The molecule has 2 heterocycles. The van der Waals surface area contributed by atoms with Crippen LogP contribution in [-0.4, -0.2) is 19.7 Å². The Morgan fingerprint density at radius 1 is 1.12 bits per heavy atom. The van der Waals surface area contributed by atoms with Crippen LogP contribution in [0.1, 0.15) is 0 Å². The van der Waals surface area contributed by atoms with Crippen molar-refractivity contribution in [3.63, 3.8) is 0 Å². The van der Waals surface area contributed by atoms with Crippen LogP contribution >= 0.6 is 0 Å². The first-order chi connectivity index (χ1) is 7.93. The number of H-pyrrole nitrogens is 1. The number of benzene rings is 1. The summed E-state index contributed by atoms with van der Waals surface area (Å²) in [5, 5.41) is 4.18. The highest BCUT2D eigenvalue weighted by atomic mass is 15.3. The summed E-state index contributed by atoms with van der Waals surface area (Å²) in [6.07, 6.45) is 7.17. The van der Waals surface area contributed by atoms with Gasteiger partial charge in [-0.15, -0.1) is 0 Å². The lowest BCUT2D eigenvalue weighted by Gasteiger charge is -2.02. The predicted molar refractivity (Wildman–Crippen MR) is 61.1 cm³/mol. The molecule has 1 N–H and O–H groups in total. The third-order valence-electron chi connectivity index (χ3n) is 2.45. The minimum atomic E-state index is 1.02. The van der Waals surface area contributed by atoms with E-state index in [2.05, 4.69) is 15.1 Å². The van der Waals surface area contributed by atoms with Crippen molar-refractivity contribution in [3.8, 4) is 16.9 Å². The van der Waals surface area contributed by atoms with Crippen molar-refractivity contribution in [2.75, 3.05) is 0 Å². The largest absolute Gasteiger partial charge is 0.345 e. The van der Waals surface area contributed by atoms with E-state index in [0.717, 1.165) is 16.9 Å². The van der Waals surface area contributed by atoms with Crippen molar-refractivity contribution in [2.45, 2.75) is 0 Å². The van der Waals surface area contributed by atoms with Gasteiger partial charge in [-0.2, -0.15) is 5.10 Å².